The van der Waals surface area contributed by atoms with Crippen LogP contribution in [0.15, 0.2) is 22.6 Å². The molecule has 0 aliphatic heterocycles. The summed E-state index contributed by atoms with van der Waals surface area (Å²) >= 11 is 0. The van der Waals surface area contributed by atoms with E-state index in [-0.39, 0.29) is 0 Å². The van der Waals surface area contributed by atoms with Crippen molar-refractivity contribution in [2.24, 2.45) is 5.73 Å². The average molecular weight is 202 g/mol. The minimum Gasteiger partial charge on any atom is -0.440 e. The van der Waals surface area contributed by atoms with E-state index in [9.17, 15) is 4.79 Å². The summed E-state index contributed by atoms with van der Waals surface area (Å²) in [5, 5.41) is 0. The van der Waals surface area contributed by atoms with E-state index >= 15 is 0 Å². The number of aromatic nitrogens is 1. The molecule has 4 heteroatoms. The van der Waals surface area contributed by atoms with E-state index in [1.54, 1.807) is 18.2 Å². The van der Waals surface area contributed by atoms with Crippen molar-refractivity contribution >= 4 is 17.0 Å². The molecule has 1 aromatic heterocycles. The molecule has 1 fully saturated rings. The number of hydrogen-bond acceptors (Lipinski definition) is 3. The Bertz CT molecular complexity index is 541. The molecule has 1 amide bonds. The fourth-order valence-electron chi connectivity index (χ4n) is 1.60. The number of nitrogens with zero attached hydrogens (tertiary/aromatic N) is 1. The summed E-state index contributed by atoms with van der Waals surface area (Å²) in [6, 6.07) is 5.09. The van der Waals surface area contributed by atoms with Crippen molar-refractivity contribution in [2.75, 3.05) is 0 Å². The van der Waals surface area contributed by atoms with E-state index in [2.05, 4.69) is 4.98 Å². The molecule has 0 unspecified atom stereocenters. The molecule has 1 aliphatic carbocycles. The topological polar surface area (TPSA) is 69.1 Å². The summed E-state index contributed by atoms with van der Waals surface area (Å²) in [5.74, 6) is 0.822. The second kappa shape index (κ2) is 2.82. The lowest BCUT2D eigenvalue weighted by Gasteiger charge is -1.92. The maximum absolute atomic E-state index is 11.0. The van der Waals surface area contributed by atoms with Crippen LogP contribution in [0.5, 0.6) is 0 Å². The predicted octanol–water partition coefficient (Wildman–Crippen LogP) is 1.80. The van der Waals surface area contributed by atoms with Gasteiger partial charge in [0.2, 0.25) is 5.91 Å². The molecule has 0 bridgehead atoms. The van der Waals surface area contributed by atoms with Crippen LogP contribution in [-0.2, 0) is 0 Å². The SMILES string of the molecule is NC(=O)c1ccc2nc(C3CC3)oc2c1. The van der Waals surface area contributed by atoms with Crippen LogP contribution in [0.1, 0.15) is 35.0 Å². The normalized spacial score (nSPS) is 15.7. The highest BCUT2D eigenvalue weighted by molar-refractivity contribution is 5.95. The van der Waals surface area contributed by atoms with Gasteiger partial charge in [0.1, 0.15) is 5.52 Å². The molecule has 0 saturated heterocycles. The summed E-state index contributed by atoms with van der Waals surface area (Å²) in [4.78, 5) is 15.3. The Balaban J connectivity index is 2.13. The van der Waals surface area contributed by atoms with Crippen molar-refractivity contribution in [1.82, 2.24) is 4.98 Å². The van der Waals surface area contributed by atoms with Gasteiger partial charge >= 0.3 is 0 Å². The van der Waals surface area contributed by atoms with Crippen LogP contribution in [0.25, 0.3) is 11.1 Å². The first-order chi connectivity index (χ1) is 7.24. The zero-order valence-corrected chi connectivity index (χ0v) is 8.06. The number of benzene rings is 1. The minimum atomic E-state index is -0.443. The van der Waals surface area contributed by atoms with Crippen molar-refractivity contribution < 1.29 is 9.21 Å². The van der Waals surface area contributed by atoms with Gasteiger partial charge in [0.15, 0.2) is 11.5 Å². The molecule has 0 radical (unpaired) electrons. The molecule has 4 nitrogen and oxygen atoms in total. The van der Waals surface area contributed by atoms with Gasteiger partial charge in [-0.3, -0.25) is 4.79 Å². The molecule has 2 aromatic rings. The van der Waals surface area contributed by atoms with Gasteiger partial charge in [0.25, 0.3) is 0 Å². The van der Waals surface area contributed by atoms with Crippen molar-refractivity contribution in [2.45, 2.75) is 18.8 Å². The first-order valence-corrected chi connectivity index (χ1v) is 4.94. The Morgan fingerprint density at radius 3 is 2.93 bits per heavy atom. The van der Waals surface area contributed by atoms with E-state index in [4.69, 9.17) is 10.2 Å². The molecule has 1 aliphatic rings. The fraction of sp³-hybridized carbons (Fsp3) is 0.273. The van der Waals surface area contributed by atoms with Gasteiger partial charge in [0.05, 0.1) is 0 Å². The first kappa shape index (κ1) is 8.47. The Morgan fingerprint density at radius 2 is 2.27 bits per heavy atom. The Kier molecular flexibility index (Phi) is 1.59. The van der Waals surface area contributed by atoms with Crippen molar-refractivity contribution in [3.8, 4) is 0 Å². The predicted molar refractivity (Wildman–Crippen MR) is 54.5 cm³/mol. The molecule has 3 rings (SSSR count). The van der Waals surface area contributed by atoms with Gasteiger partial charge < -0.3 is 10.2 Å². The fourth-order valence-corrected chi connectivity index (χ4v) is 1.60. The molecular weight excluding hydrogens is 192 g/mol. The van der Waals surface area contributed by atoms with Crippen molar-refractivity contribution in [3.63, 3.8) is 0 Å². The van der Waals surface area contributed by atoms with Crippen LogP contribution in [-0.4, -0.2) is 10.9 Å². The number of nitrogens with two attached hydrogens (primary N) is 1. The number of hydrogen-bond donors (Lipinski definition) is 1. The standard InChI is InChI=1S/C11H10N2O2/c12-10(14)7-3-4-8-9(5-7)15-11(13-8)6-1-2-6/h3-6H,1-2H2,(H2,12,14). The second-order valence-electron chi connectivity index (χ2n) is 3.87. The molecule has 0 spiro atoms. The lowest BCUT2D eigenvalue weighted by molar-refractivity contribution is 0.100. The maximum atomic E-state index is 11.0. The Morgan fingerprint density at radius 1 is 1.47 bits per heavy atom. The Labute approximate surface area is 86.1 Å². The average Bonchev–Trinajstić information content (AvgIpc) is 2.97. The number of rotatable bonds is 2. The van der Waals surface area contributed by atoms with Crippen LogP contribution >= 0.6 is 0 Å². The molecule has 15 heavy (non-hydrogen) atoms. The molecule has 1 saturated carbocycles. The van der Waals surface area contributed by atoms with Gasteiger partial charge in [-0.15, -0.1) is 0 Å². The summed E-state index contributed by atoms with van der Waals surface area (Å²) in [7, 11) is 0. The smallest absolute Gasteiger partial charge is 0.248 e. The number of amides is 1. The van der Waals surface area contributed by atoms with E-state index in [0.717, 1.165) is 24.2 Å². The Hall–Kier alpha value is -1.84. The van der Waals surface area contributed by atoms with Crippen LogP contribution in [0.4, 0.5) is 0 Å². The highest BCUT2D eigenvalue weighted by Crippen LogP contribution is 2.40. The van der Waals surface area contributed by atoms with Crippen molar-refractivity contribution in [1.29, 1.82) is 0 Å². The first-order valence-electron chi connectivity index (χ1n) is 4.94. The largest absolute Gasteiger partial charge is 0.440 e. The van der Waals surface area contributed by atoms with Crippen LogP contribution in [0, 0.1) is 0 Å². The summed E-state index contributed by atoms with van der Waals surface area (Å²) < 4.78 is 5.56. The van der Waals surface area contributed by atoms with Gasteiger partial charge in [-0.2, -0.15) is 0 Å². The molecular formula is C11H10N2O2. The van der Waals surface area contributed by atoms with Crippen LogP contribution in [0.2, 0.25) is 0 Å². The number of carbonyl (C=O) groups excluding carboxylic acids is 1. The van der Waals surface area contributed by atoms with E-state index in [1.165, 1.54) is 0 Å². The van der Waals surface area contributed by atoms with E-state index in [1.807, 2.05) is 0 Å². The maximum Gasteiger partial charge on any atom is 0.248 e. The molecule has 76 valence electrons. The van der Waals surface area contributed by atoms with Gasteiger partial charge in [0, 0.05) is 11.5 Å². The van der Waals surface area contributed by atoms with E-state index < -0.39 is 5.91 Å². The highest BCUT2D eigenvalue weighted by atomic mass is 16.3. The summed E-state index contributed by atoms with van der Waals surface area (Å²) in [6.45, 7) is 0. The van der Waals surface area contributed by atoms with Crippen LogP contribution in [0.3, 0.4) is 0 Å². The third-order valence-corrected chi connectivity index (χ3v) is 2.62. The number of fused-ring (bicyclic) bond motifs is 1. The lowest BCUT2D eigenvalue weighted by Crippen LogP contribution is -2.10. The molecule has 1 aromatic carbocycles. The molecule has 1 heterocycles. The van der Waals surface area contributed by atoms with E-state index in [0.29, 0.717) is 17.1 Å². The summed E-state index contributed by atoms with van der Waals surface area (Å²) in [5.41, 5.74) is 7.08. The zero-order valence-electron chi connectivity index (χ0n) is 8.06. The summed E-state index contributed by atoms with van der Waals surface area (Å²) in [6.07, 6.45) is 2.30. The van der Waals surface area contributed by atoms with Gasteiger partial charge in [-0.1, -0.05) is 0 Å². The van der Waals surface area contributed by atoms with Gasteiger partial charge in [-0.05, 0) is 31.0 Å². The molecule has 0 atom stereocenters. The minimum absolute atomic E-state index is 0.443. The number of carbonyl (C=O) groups is 1. The monoisotopic (exact) mass is 202 g/mol. The van der Waals surface area contributed by atoms with Crippen LogP contribution < -0.4 is 5.73 Å². The zero-order chi connectivity index (χ0) is 10.4. The van der Waals surface area contributed by atoms with Crippen molar-refractivity contribution in [3.05, 3.63) is 29.7 Å². The molecule has 2 N–H and O–H groups in total. The van der Waals surface area contributed by atoms with Gasteiger partial charge in [-0.25, -0.2) is 4.98 Å². The highest BCUT2D eigenvalue weighted by Gasteiger charge is 2.28. The lowest BCUT2D eigenvalue weighted by atomic mass is 10.2. The number of oxazole rings is 1. The quantitative estimate of drug-likeness (QED) is 0.807. The third-order valence-electron chi connectivity index (χ3n) is 2.62. The third kappa shape index (κ3) is 1.38. The second-order valence-corrected chi connectivity index (χ2v) is 3.87. The number of primary amides is 1.